The molecule has 0 aliphatic carbocycles. The van der Waals surface area contributed by atoms with E-state index in [2.05, 4.69) is 42.7 Å². The van der Waals surface area contributed by atoms with Gasteiger partial charge in [-0.3, -0.25) is 9.69 Å². The maximum Gasteiger partial charge on any atom is 0.244 e. The van der Waals surface area contributed by atoms with E-state index in [0.717, 1.165) is 51.4 Å². The van der Waals surface area contributed by atoms with Crippen molar-refractivity contribution in [1.29, 1.82) is 0 Å². The van der Waals surface area contributed by atoms with Crippen molar-refractivity contribution in [1.82, 2.24) is 14.7 Å². The van der Waals surface area contributed by atoms with Gasteiger partial charge < -0.3 is 9.80 Å². The lowest BCUT2D eigenvalue weighted by molar-refractivity contribution is -0.137. The van der Waals surface area contributed by atoms with Gasteiger partial charge in [-0.1, -0.05) is 37.3 Å². The Bertz CT molecular complexity index is 451. The molecule has 4 heteroatoms. The van der Waals surface area contributed by atoms with Gasteiger partial charge in [-0.2, -0.15) is 0 Å². The molecule has 4 nitrogen and oxygen atoms in total. The molecule has 1 aliphatic heterocycles. The zero-order chi connectivity index (χ0) is 15.9. The van der Waals surface area contributed by atoms with Crippen LogP contribution in [0.2, 0.25) is 0 Å². The molecule has 0 radical (unpaired) electrons. The van der Waals surface area contributed by atoms with Gasteiger partial charge in [-0.25, -0.2) is 0 Å². The van der Waals surface area contributed by atoms with Crippen LogP contribution in [0.25, 0.3) is 0 Å². The van der Waals surface area contributed by atoms with Gasteiger partial charge in [0.2, 0.25) is 5.91 Å². The first-order chi connectivity index (χ1) is 10.7. The fourth-order valence-corrected chi connectivity index (χ4v) is 3.19. The van der Waals surface area contributed by atoms with Crippen LogP contribution in [0.15, 0.2) is 30.3 Å². The van der Waals surface area contributed by atoms with Crippen LogP contribution in [-0.4, -0.2) is 66.4 Å². The highest BCUT2D eigenvalue weighted by molar-refractivity contribution is 5.83. The summed E-state index contributed by atoms with van der Waals surface area (Å²) in [4.78, 5) is 19.8. The lowest BCUT2D eigenvalue weighted by Crippen LogP contribution is -2.51. The topological polar surface area (TPSA) is 26.8 Å². The number of hydrogen-bond acceptors (Lipinski definition) is 3. The van der Waals surface area contributed by atoms with E-state index in [1.54, 1.807) is 0 Å². The number of carbonyl (C=O) groups excluding carboxylic acids is 1. The van der Waals surface area contributed by atoms with Gasteiger partial charge in [0.1, 0.15) is 6.04 Å². The van der Waals surface area contributed by atoms with Crippen molar-refractivity contribution in [2.75, 3.05) is 45.8 Å². The Balaban J connectivity index is 2.21. The number of amides is 1. The van der Waals surface area contributed by atoms with E-state index in [9.17, 15) is 4.79 Å². The van der Waals surface area contributed by atoms with Crippen LogP contribution < -0.4 is 0 Å². The number of piperazine rings is 1. The Morgan fingerprint density at radius 1 is 1.05 bits per heavy atom. The Labute approximate surface area is 134 Å². The van der Waals surface area contributed by atoms with E-state index in [1.165, 1.54) is 0 Å². The molecular weight excluding hydrogens is 274 g/mol. The van der Waals surface area contributed by atoms with E-state index in [-0.39, 0.29) is 11.9 Å². The quantitative estimate of drug-likeness (QED) is 0.806. The van der Waals surface area contributed by atoms with Crippen molar-refractivity contribution in [3.63, 3.8) is 0 Å². The van der Waals surface area contributed by atoms with Crippen molar-refractivity contribution in [2.45, 2.75) is 26.8 Å². The van der Waals surface area contributed by atoms with Crippen LogP contribution in [0.1, 0.15) is 32.4 Å². The molecule has 1 aromatic carbocycles. The second-order valence-electron chi connectivity index (χ2n) is 5.79. The first-order valence-electron chi connectivity index (χ1n) is 8.51. The maximum absolute atomic E-state index is 13.0. The van der Waals surface area contributed by atoms with Gasteiger partial charge in [0.15, 0.2) is 0 Å². The van der Waals surface area contributed by atoms with Crippen molar-refractivity contribution in [3.05, 3.63) is 35.9 Å². The Kier molecular flexibility index (Phi) is 6.40. The molecule has 22 heavy (non-hydrogen) atoms. The van der Waals surface area contributed by atoms with Crippen molar-refractivity contribution in [3.8, 4) is 0 Å². The van der Waals surface area contributed by atoms with Crippen molar-refractivity contribution < 1.29 is 4.79 Å². The van der Waals surface area contributed by atoms with Crippen molar-refractivity contribution >= 4 is 5.91 Å². The van der Waals surface area contributed by atoms with Gasteiger partial charge >= 0.3 is 0 Å². The van der Waals surface area contributed by atoms with Gasteiger partial charge in [0.05, 0.1) is 0 Å². The normalized spacial score (nSPS) is 18.1. The van der Waals surface area contributed by atoms with E-state index in [1.807, 2.05) is 23.1 Å². The standard InChI is InChI=1S/C18H29N3O/c1-4-19-12-14-21(15-13-19)17(16-10-8-7-9-11-16)18(22)20(5-2)6-3/h7-11,17H,4-6,12-15H2,1-3H3. The van der Waals surface area contributed by atoms with E-state index in [4.69, 9.17) is 0 Å². The molecule has 1 aliphatic rings. The Morgan fingerprint density at radius 3 is 2.14 bits per heavy atom. The van der Waals surface area contributed by atoms with Crippen LogP contribution in [0.5, 0.6) is 0 Å². The molecule has 0 spiro atoms. The zero-order valence-electron chi connectivity index (χ0n) is 14.2. The number of hydrogen-bond donors (Lipinski definition) is 0. The number of rotatable bonds is 6. The summed E-state index contributed by atoms with van der Waals surface area (Å²) in [7, 11) is 0. The third-order valence-corrected chi connectivity index (χ3v) is 4.64. The summed E-state index contributed by atoms with van der Waals surface area (Å²) in [5.74, 6) is 0.237. The fourth-order valence-electron chi connectivity index (χ4n) is 3.19. The molecule has 0 saturated carbocycles. The molecular formula is C18H29N3O. The summed E-state index contributed by atoms with van der Waals surface area (Å²) in [6, 6.07) is 10.1. The van der Waals surface area contributed by atoms with Gasteiger partial charge in [-0.15, -0.1) is 0 Å². The SMILES string of the molecule is CCN1CCN(C(C(=O)N(CC)CC)c2ccccc2)CC1. The van der Waals surface area contributed by atoms with Gasteiger partial charge in [-0.05, 0) is 26.0 Å². The molecule has 1 amide bonds. The average Bonchev–Trinajstić information content (AvgIpc) is 2.58. The minimum atomic E-state index is -0.139. The second kappa shape index (κ2) is 8.30. The largest absolute Gasteiger partial charge is 0.342 e. The highest BCUT2D eigenvalue weighted by atomic mass is 16.2. The van der Waals surface area contributed by atoms with Crippen LogP contribution >= 0.6 is 0 Å². The second-order valence-corrected chi connectivity index (χ2v) is 5.79. The highest BCUT2D eigenvalue weighted by Crippen LogP contribution is 2.24. The zero-order valence-corrected chi connectivity index (χ0v) is 14.2. The monoisotopic (exact) mass is 303 g/mol. The summed E-state index contributed by atoms with van der Waals surface area (Å²) in [6.45, 7) is 13.0. The number of carbonyl (C=O) groups is 1. The molecule has 1 saturated heterocycles. The number of nitrogens with zero attached hydrogens (tertiary/aromatic N) is 3. The third kappa shape index (κ3) is 3.87. The maximum atomic E-state index is 13.0. The predicted molar refractivity (Wildman–Crippen MR) is 90.8 cm³/mol. The lowest BCUT2D eigenvalue weighted by Gasteiger charge is -2.40. The number of likely N-dealkylation sites (N-methyl/N-ethyl adjacent to an activating group) is 2. The third-order valence-electron chi connectivity index (χ3n) is 4.64. The van der Waals surface area contributed by atoms with Gasteiger partial charge in [0, 0.05) is 39.3 Å². The van der Waals surface area contributed by atoms with Crippen LogP contribution in [0.3, 0.4) is 0 Å². The minimum absolute atomic E-state index is 0.139. The lowest BCUT2D eigenvalue weighted by atomic mass is 10.0. The summed E-state index contributed by atoms with van der Waals surface area (Å²) in [6.07, 6.45) is 0. The molecule has 1 aromatic rings. The average molecular weight is 303 g/mol. The molecule has 1 fully saturated rings. The molecule has 0 aromatic heterocycles. The molecule has 0 N–H and O–H groups in total. The Morgan fingerprint density at radius 2 is 1.64 bits per heavy atom. The molecule has 122 valence electrons. The van der Waals surface area contributed by atoms with E-state index in [0.29, 0.717) is 0 Å². The van der Waals surface area contributed by atoms with Crippen LogP contribution in [0.4, 0.5) is 0 Å². The molecule has 0 bridgehead atoms. The molecule has 1 atom stereocenters. The predicted octanol–water partition coefficient (Wildman–Crippen LogP) is 2.23. The first kappa shape index (κ1) is 17.0. The van der Waals surface area contributed by atoms with E-state index >= 15 is 0 Å². The van der Waals surface area contributed by atoms with Gasteiger partial charge in [0.25, 0.3) is 0 Å². The summed E-state index contributed by atoms with van der Waals surface area (Å²) in [5, 5.41) is 0. The van der Waals surface area contributed by atoms with Crippen LogP contribution in [0, 0.1) is 0 Å². The minimum Gasteiger partial charge on any atom is -0.342 e. The Hall–Kier alpha value is -1.39. The van der Waals surface area contributed by atoms with Crippen molar-refractivity contribution in [2.24, 2.45) is 0 Å². The summed E-state index contributed by atoms with van der Waals surface area (Å²) >= 11 is 0. The van der Waals surface area contributed by atoms with Crippen LogP contribution in [-0.2, 0) is 4.79 Å². The first-order valence-corrected chi connectivity index (χ1v) is 8.51. The van der Waals surface area contributed by atoms with E-state index < -0.39 is 0 Å². The highest BCUT2D eigenvalue weighted by Gasteiger charge is 2.32. The molecule has 1 unspecified atom stereocenters. The molecule has 1 heterocycles. The summed E-state index contributed by atoms with van der Waals surface area (Å²) < 4.78 is 0. The number of benzene rings is 1. The molecule has 2 rings (SSSR count). The fraction of sp³-hybridized carbons (Fsp3) is 0.611. The smallest absolute Gasteiger partial charge is 0.244 e. The summed E-state index contributed by atoms with van der Waals surface area (Å²) in [5.41, 5.74) is 1.12.